The molecule has 76 valence electrons. The summed E-state index contributed by atoms with van der Waals surface area (Å²) in [7, 11) is 0. The van der Waals surface area contributed by atoms with Crippen molar-refractivity contribution in [3.63, 3.8) is 0 Å². The van der Waals surface area contributed by atoms with Crippen LogP contribution in [-0.2, 0) is 6.54 Å². The van der Waals surface area contributed by atoms with E-state index in [4.69, 9.17) is 0 Å². The molecule has 0 aromatic carbocycles. The van der Waals surface area contributed by atoms with Gasteiger partial charge in [-0.1, -0.05) is 25.6 Å². The number of fused-ring (bicyclic) bond motifs is 1. The van der Waals surface area contributed by atoms with Crippen LogP contribution in [0.4, 0.5) is 0 Å². The zero-order valence-electron chi connectivity index (χ0n) is 8.70. The quantitative estimate of drug-likeness (QED) is 0.701. The number of carbonyl (C=O) groups is 1. The molecule has 0 bridgehead atoms. The molecule has 0 spiro atoms. The lowest BCUT2D eigenvalue weighted by atomic mass is 10.1. The smallest absolute Gasteiger partial charge is 0.185 e. The number of imidazole rings is 1. The van der Waals surface area contributed by atoms with E-state index in [1.54, 1.807) is 11.8 Å². The van der Waals surface area contributed by atoms with Crippen molar-refractivity contribution in [2.45, 2.75) is 32.5 Å². The van der Waals surface area contributed by atoms with Crippen LogP contribution >= 0.6 is 11.8 Å². The Bertz CT molecular complexity index is 382. The van der Waals surface area contributed by atoms with Gasteiger partial charge >= 0.3 is 0 Å². The molecule has 2 rings (SSSR count). The molecule has 0 N–H and O–H groups in total. The molecule has 1 aromatic rings. The van der Waals surface area contributed by atoms with Crippen molar-refractivity contribution in [2.75, 3.05) is 5.75 Å². The molecule has 0 radical (unpaired) electrons. The standard InChI is InChI=1S/C10H14N2OS/c1-6(2)9(13)8-7(3)12-4-5-14-10(12)11-8/h6H,4-5H2,1-3H3. The van der Waals surface area contributed by atoms with Crippen molar-refractivity contribution in [3.8, 4) is 0 Å². The maximum absolute atomic E-state index is 11.8. The van der Waals surface area contributed by atoms with Crippen LogP contribution in [0.1, 0.15) is 30.0 Å². The van der Waals surface area contributed by atoms with Gasteiger partial charge in [0.25, 0.3) is 0 Å². The minimum atomic E-state index is 0.0364. The summed E-state index contributed by atoms with van der Waals surface area (Å²) in [4.78, 5) is 16.2. The molecule has 0 amide bonds. The van der Waals surface area contributed by atoms with Gasteiger partial charge in [0.1, 0.15) is 5.69 Å². The molecule has 14 heavy (non-hydrogen) atoms. The van der Waals surface area contributed by atoms with Crippen molar-refractivity contribution >= 4 is 17.5 Å². The van der Waals surface area contributed by atoms with Crippen LogP contribution in [-0.4, -0.2) is 21.1 Å². The molecular weight excluding hydrogens is 196 g/mol. The van der Waals surface area contributed by atoms with E-state index >= 15 is 0 Å². The summed E-state index contributed by atoms with van der Waals surface area (Å²) in [5.41, 5.74) is 1.70. The summed E-state index contributed by atoms with van der Waals surface area (Å²) in [6, 6.07) is 0. The highest BCUT2D eigenvalue weighted by Gasteiger charge is 2.24. The van der Waals surface area contributed by atoms with Gasteiger partial charge in [-0.05, 0) is 6.92 Å². The van der Waals surface area contributed by atoms with Gasteiger partial charge in [0.05, 0.1) is 0 Å². The molecular formula is C10H14N2OS. The van der Waals surface area contributed by atoms with Gasteiger partial charge in [0, 0.05) is 23.9 Å². The summed E-state index contributed by atoms with van der Waals surface area (Å²) < 4.78 is 2.14. The van der Waals surface area contributed by atoms with Gasteiger partial charge in [-0.25, -0.2) is 4.98 Å². The SMILES string of the molecule is Cc1c(C(=O)C(C)C)nc2n1CCS2. The van der Waals surface area contributed by atoms with Crippen LogP contribution in [0.15, 0.2) is 5.16 Å². The van der Waals surface area contributed by atoms with Crippen molar-refractivity contribution in [2.24, 2.45) is 5.92 Å². The van der Waals surface area contributed by atoms with Crippen molar-refractivity contribution in [1.29, 1.82) is 0 Å². The predicted molar refractivity (Wildman–Crippen MR) is 56.9 cm³/mol. The molecule has 3 nitrogen and oxygen atoms in total. The van der Waals surface area contributed by atoms with Gasteiger partial charge < -0.3 is 4.57 Å². The van der Waals surface area contributed by atoms with E-state index in [-0.39, 0.29) is 11.7 Å². The number of thioether (sulfide) groups is 1. The molecule has 0 aliphatic carbocycles. The Kier molecular flexibility index (Phi) is 2.39. The van der Waals surface area contributed by atoms with Gasteiger partial charge in [-0.2, -0.15) is 0 Å². The minimum Gasteiger partial charge on any atom is -0.322 e. The van der Waals surface area contributed by atoms with Crippen LogP contribution < -0.4 is 0 Å². The van der Waals surface area contributed by atoms with E-state index in [1.807, 2.05) is 20.8 Å². The first kappa shape index (κ1) is 9.77. The molecule has 0 saturated carbocycles. The number of rotatable bonds is 2. The first-order valence-corrected chi connectivity index (χ1v) is 5.84. The highest BCUT2D eigenvalue weighted by Crippen LogP contribution is 2.28. The van der Waals surface area contributed by atoms with Crippen LogP contribution in [0.25, 0.3) is 0 Å². The Hall–Kier alpha value is -0.770. The third-order valence-electron chi connectivity index (χ3n) is 2.49. The van der Waals surface area contributed by atoms with Crippen LogP contribution in [0.2, 0.25) is 0 Å². The molecule has 0 atom stereocenters. The van der Waals surface area contributed by atoms with Gasteiger partial charge in [0.15, 0.2) is 10.9 Å². The monoisotopic (exact) mass is 210 g/mol. The fourth-order valence-corrected chi connectivity index (χ4v) is 2.61. The lowest BCUT2D eigenvalue weighted by Crippen LogP contribution is -2.10. The zero-order valence-corrected chi connectivity index (χ0v) is 9.52. The first-order valence-electron chi connectivity index (χ1n) is 4.85. The Morgan fingerprint density at radius 1 is 1.57 bits per heavy atom. The number of aromatic nitrogens is 2. The predicted octanol–water partition coefficient (Wildman–Crippen LogP) is 2.14. The van der Waals surface area contributed by atoms with E-state index in [2.05, 4.69) is 9.55 Å². The molecule has 1 aliphatic heterocycles. The minimum absolute atomic E-state index is 0.0364. The number of nitrogens with zero attached hydrogens (tertiary/aromatic N) is 2. The second-order valence-electron chi connectivity index (χ2n) is 3.85. The summed E-state index contributed by atoms with van der Waals surface area (Å²) in [6.45, 7) is 6.81. The van der Waals surface area contributed by atoms with Gasteiger partial charge in [-0.15, -0.1) is 0 Å². The van der Waals surface area contributed by atoms with E-state index in [1.165, 1.54) is 0 Å². The molecule has 2 heterocycles. The lowest BCUT2D eigenvalue weighted by Gasteiger charge is -2.03. The summed E-state index contributed by atoms with van der Waals surface area (Å²) in [5.74, 6) is 1.28. The van der Waals surface area contributed by atoms with Crippen LogP contribution in [0.5, 0.6) is 0 Å². The molecule has 0 unspecified atom stereocenters. The third kappa shape index (κ3) is 1.38. The molecule has 4 heteroatoms. The largest absolute Gasteiger partial charge is 0.322 e. The molecule has 0 saturated heterocycles. The number of carbonyl (C=O) groups excluding carboxylic acids is 1. The fraction of sp³-hybridized carbons (Fsp3) is 0.600. The van der Waals surface area contributed by atoms with Crippen molar-refractivity contribution < 1.29 is 4.79 Å². The second-order valence-corrected chi connectivity index (χ2v) is 4.91. The molecule has 0 fully saturated rings. The normalized spacial score (nSPS) is 14.9. The number of hydrogen-bond donors (Lipinski definition) is 0. The van der Waals surface area contributed by atoms with E-state index in [0.717, 1.165) is 23.1 Å². The topological polar surface area (TPSA) is 34.9 Å². The highest BCUT2D eigenvalue weighted by molar-refractivity contribution is 7.99. The van der Waals surface area contributed by atoms with Gasteiger partial charge in [-0.3, -0.25) is 4.79 Å². The Labute approximate surface area is 87.9 Å². The van der Waals surface area contributed by atoms with Crippen LogP contribution in [0, 0.1) is 12.8 Å². The average molecular weight is 210 g/mol. The van der Waals surface area contributed by atoms with E-state index in [9.17, 15) is 4.79 Å². The number of hydrogen-bond acceptors (Lipinski definition) is 3. The Balaban J connectivity index is 2.41. The number of ketones is 1. The summed E-state index contributed by atoms with van der Waals surface area (Å²) in [5, 5.41) is 1.01. The fourth-order valence-electron chi connectivity index (χ4n) is 1.62. The maximum atomic E-state index is 11.8. The van der Waals surface area contributed by atoms with Crippen molar-refractivity contribution in [3.05, 3.63) is 11.4 Å². The highest BCUT2D eigenvalue weighted by atomic mass is 32.2. The van der Waals surface area contributed by atoms with Crippen LogP contribution in [0.3, 0.4) is 0 Å². The first-order chi connectivity index (χ1) is 6.61. The van der Waals surface area contributed by atoms with E-state index < -0.39 is 0 Å². The summed E-state index contributed by atoms with van der Waals surface area (Å²) >= 11 is 1.73. The Morgan fingerprint density at radius 2 is 2.29 bits per heavy atom. The maximum Gasteiger partial charge on any atom is 0.185 e. The number of Topliss-reactive ketones (excluding diaryl/α,β-unsaturated/α-hetero) is 1. The molecule has 1 aliphatic rings. The summed E-state index contributed by atoms with van der Waals surface area (Å²) in [6.07, 6.45) is 0. The third-order valence-corrected chi connectivity index (χ3v) is 3.45. The average Bonchev–Trinajstić information content (AvgIpc) is 2.68. The molecule has 1 aromatic heterocycles. The second kappa shape index (κ2) is 3.42. The van der Waals surface area contributed by atoms with E-state index in [0.29, 0.717) is 5.69 Å². The lowest BCUT2D eigenvalue weighted by molar-refractivity contribution is 0.0933. The van der Waals surface area contributed by atoms with Crippen molar-refractivity contribution in [1.82, 2.24) is 9.55 Å². The Morgan fingerprint density at radius 3 is 2.86 bits per heavy atom. The zero-order chi connectivity index (χ0) is 10.3. The van der Waals surface area contributed by atoms with Gasteiger partial charge in [0.2, 0.25) is 0 Å².